The zero-order valence-corrected chi connectivity index (χ0v) is 17.3. The molecule has 0 radical (unpaired) electrons. The highest BCUT2D eigenvalue weighted by molar-refractivity contribution is 7.89. The average molecular weight is 406 g/mol. The number of rotatable bonds is 6. The molecule has 0 aliphatic carbocycles. The van der Waals surface area contributed by atoms with Crippen molar-refractivity contribution in [3.63, 3.8) is 0 Å². The van der Waals surface area contributed by atoms with Crippen molar-refractivity contribution in [1.29, 1.82) is 0 Å². The lowest BCUT2D eigenvalue weighted by Gasteiger charge is -2.29. The number of carbonyl (C=O) groups is 1. The van der Waals surface area contributed by atoms with E-state index >= 15 is 0 Å². The van der Waals surface area contributed by atoms with E-state index in [-0.39, 0.29) is 10.8 Å². The van der Waals surface area contributed by atoms with Crippen molar-refractivity contribution in [2.24, 2.45) is 13.0 Å². The minimum absolute atomic E-state index is 0.159. The third-order valence-corrected chi connectivity index (χ3v) is 7.09. The van der Waals surface area contributed by atoms with Gasteiger partial charge in [-0.2, -0.15) is 4.31 Å². The first-order chi connectivity index (χ1) is 13.3. The SMILES string of the molecule is COc1ccccc1CNC(=O)c1cc(S(=O)(=O)N2CCC(C)CC2)cn1C. The van der Waals surface area contributed by atoms with Crippen LogP contribution in [0.25, 0.3) is 0 Å². The molecule has 3 rings (SSSR count). The highest BCUT2D eigenvalue weighted by Gasteiger charge is 2.30. The standard InChI is InChI=1S/C20H27N3O4S/c1-15-8-10-23(11-9-15)28(25,26)17-12-18(22(2)14-17)20(24)21-13-16-6-4-5-7-19(16)27-3/h4-7,12,14-15H,8-11,13H2,1-3H3,(H,21,24). The molecule has 1 aliphatic rings. The molecule has 28 heavy (non-hydrogen) atoms. The lowest BCUT2D eigenvalue weighted by atomic mass is 10.0. The van der Waals surface area contributed by atoms with Crippen LogP contribution in [0.4, 0.5) is 0 Å². The number of amides is 1. The van der Waals surface area contributed by atoms with Crippen molar-refractivity contribution in [2.45, 2.75) is 31.2 Å². The molecule has 8 heteroatoms. The number of sulfonamides is 1. The smallest absolute Gasteiger partial charge is 0.268 e. The molecule has 1 saturated heterocycles. The van der Waals surface area contributed by atoms with E-state index < -0.39 is 10.0 Å². The minimum atomic E-state index is -3.59. The Morgan fingerprint density at radius 1 is 1.25 bits per heavy atom. The molecule has 2 aromatic rings. The summed E-state index contributed by atoms with van der Waals surface area (Å²) in [6.07, 6.45) is 3.22. The Morgan fingerprint density at radius 2 is 1.93 bits per heavy atom. The van der Waals surface area contributed by atoms with Crippen LogP contribution in [-0.2, 0) is 23.6 Å². The molecule has 0 bridgehead atoms. The summed E-state index contributed by atoms with van der Waals surface area (Å²) in [6.45, 7) is 3.47. The Balaban J connectivity index is 1.73. The number of ether oxygens (including phenoxy) is 1. The Labute approximate surface area is 166 Å². The summed E-state index contributed by atoms with van der Waals surface area (Å²) in [5, 5.41) is 2.83. The predicted molar refractivity (Wildman–Crippen MR) is 107 cm³/mol. The molecule has 0 atom stereocenters. The number of nitrogens with one attached hydrogen (secondary N) is 1. The molecule has 7 nitrogen and oxygen atoms in total. The molecule has 2 heterocycles. The fraction of sp³-hybridized carbons (Fsp3) is 0.450. The van der Waals surface area contributed by atoms with Gasteiger partial charge in [0.1, 0.15) is 16.3 Å². The van der Waals surface area contributed by atoms with Crippen molar-refractivity contribution in [3.05, 3.63) is 47.8 Å². The Morgan fingerprint density at radius 3 is 2.61 bits per heavy atom. The third-order valence-electron chi connectivity index (χ3n) is 5.22. The Kier molecular flexibility index (Phi) is 6.10. The summed E-state index contributed by atoms with van der Waals surface area (Å²) in [7, 11) is -0.330. The van der Waals surface area contributed by atoms with Crippen molar-refractivity contribution < 1.29 is 17.9 Å². The van der Waals surface area contributed by atoms with Crippen LogP contribution in [0.2, 0.25) is 0 Å². The first-order valence-corrected chi connectivity index (χ1v) is 10.8. The summed E-state index contributed by atoms with van der Waals surface area (Å²) in [5.74, 6) is 0.901. The van der Waals surface area contributed by atoms with E-state index in [0.29, 0.717) is 37.0 Å². The van der Waals surface area contributed by atoms with Gasteiger partial charge in [0.2, 0.25) is 10.0 Å². The summed E-state index contributed by atoms with van der Waals surface area (Å²) in [4.78, 5) is 12.8. The summed E-state index contributed by atoms with van der Waals surface area (Å²) in [5.41, 5.74) is 1.15. The Bertz CT molecular complexity index is 944. The number of aromatic nitrogens is 1. The molecule has 0 spiro atoms. The van der Waals surface area contributed by atoms with Crippen LogP contribution in [0.1, 0.15) is 35.8 Å². The molecular weight excluding hydrogens is 378 g/mol. The molecule has 1 N–H and O–H groups in total. The molecule has 0 saturated carbocycles. The van der Waals surface area contributed by atoms with Gasteiger partial charge in [0.05, 0.1) is 7.11 Å². The number of aryl methyl sites for hydroxylation is 1. The maximum absolute atomic E-state index is 12.9. The second-order valence-corrected chi connectivity index (χ2v) is 9.19. The topological polar surface area (TPSA) is 80.6 Å². The highest BCUT2D eigenvalue weighted by atomic mass is 32.2. The number of nitrogens with zero attached hydrogens (tertiary/aromatic N) is 2. The first-order valence-electron chi connectivity index (χ1n) is 9.39. The summed E-state index contributed by atoms with van der Waals surface area (Å²) < 4.78 is 34.2. The fourth-order valence-electron chi connectivity index (χ4n) is 3.39. The summed E-state index contributed by atoms with van der Waals surface area (Å²) in [6, 6.07) is 8.88. The van der Waals surface area contributed by atoms with Crippen LogP contribution in [0.3, 0.4) is 0 Å². The normalized spacial score (nSPS) is 16.1. The monoisotopic (exact) mass is 405 g/mol. The number of para-hydroxylation sites is 1. The largest absolute Gasteiger partial charge is 0.496 e. The van der Waals surface area contributed by atoms with Crippen molar-refractivity contribution in [3.8, 4) is 5.75 Å². The van der Waals surface area contributed by atoms with E-state index in [1.807, 2.05) is 24.3 Å². The van der Waals surface area contributed by atoms with E-state index in [1.165, 1.54) is 16.6 Å². The van der Waals surface area contributed by atoms with Gasteiger partial charge in [-0.3, -0.25) is 4.79 Å². The third kappa shape index (κ3) is 4.23. The van der Waals surface area contributed by atoms with Crippen LogP contribution >= 0.6 is 0 Å². The molecule has 1 amide bonds. The number of hydrogen-bond donors (Lipinski definition) is 1. The number of methoxy groups -OCH3 is 1. The van der Waals surface area contributed by atoms with Crippen LogP contribution in [0.15, 0.2) is 41.4 Å². The van der Waals surface area contributed by atoms with E-state index in [9.17, 15) is 13.2 Å². The van der Waals surface area contributed by atoms with E-state index in [1.54, 1.807) is 18.7 Å². The second kappa shape index (κ2) is 8.36. The van der Waals surface area contributed by atoms with Gasteiger partial charge in [-0.05, 0) is 30.9 Å². The van der Waals surface area contributed by atoms with Crippen LogP contribution in [-0.4, -0.2) is 43.4 Å². The quantitative estimate of drug-likeness (QED) is 0.800. The van der Waals surface area contributed by atoms with Crippen molar-refractivity contribution in [2.75, 3.05) is 20.2 Å². The first kappa shape index (κ1) is 20.4. The van der Waals surface area contributed by atoms with Crippen molar-refractivity contribution in [1.82, 2.24) is 14.2 Å². The zero-order valence-electron chi connectivity index (χ0n) is 16.5. The molecule has 1 fully saturated rings. The predicted octanol–water partition coefficient (Wildman–Crippen LogP) is 2.38. The number of hydrogen-bond acceptors (Lipinski definition) is 4. The zero-order chi connectivity index (χ0) is 20.3. The lowest BCUT2D eigenvalue weighted by molar-refractivity contribution is 0.0942. The van der Waals surface area contributed by atoms with Crippen molar-refractivity contribution >= 4 is 15.9 Å². The summed E-state index contributed by atoms with van der Waals surface area (Å²) >= 11 is 0. The molecule has 1 aromatic heterocycles. The second-order valence-electron chi connectivity index (χ2n) is 7.25. The van der Waals surface area contributed by atoms with Gasteiger partial charge < -0.3 is 14.6 Å². The van der Waals surface area contributed by atoms with E-state index in [4.69, 9.17) is 4.74 Å². The van der Waals surface area contributed by atoms with Gasteiger partial charge in [0.25, 0.3) is 5.91 Å². The molecule has 1 aliphatic heterocycles. The molecule has 1 aromatic carbocycles. The van der Waals surface area contributed by atoms with E-state index in [0.717, 1.165) is 18.4 Å². The minimum Gasteiger partial charge on any atom is -0.496 e. The van der Waals surface area contributed by atoms with Gasteiger partial charge in [-0.25, -0.2) is 8.42 Å². The van der Waals surface area contributed by atoms with Gasteiger partial charge in [0.15, 0.2) is 0 Å². The number of carbonyl (C=O) groups excluding carboxylic acids is 1. The maximum atomic E-state index is 12.9. The fourth-order valence-corrected chi connectivity index (χ4v) is 4.93. The molecule has 0 unspecified atom stereocenters. The van der Waals surface area contributed by atoms with Gasteiger partial charge in [-0.15, -0.1) is 0 Å². The van der Waals surface area contributed by atoms with Crippen LogP contribution in [0.5, 0.6) is 5.75 Å². The molecule has 152 valence electrons. The van der Waals surface area contributed by atoms with E-state index in [2.05, 4.69) is 12.2 Å². The average Bonchev–Trinajstić information content (AvgIpc) is 3.09. The maximum Gasteiger partial charge on any atom is 0.268 e. The van der Waals surface area contributed by atoms with Gasteiger partial charge >= 0.3 is 0 Å². The Hall–Kier alpha value is -2.32. The number of benzene rings is 1. The van der Waals surface area contributed by atoms with Gasteiger partial charge in [0, 0.05) is 38.4 Å². The van der Waals surface area contributed by atoms with Crippen LogP contribution in [0, 0.1) is 5.92 Å². The lowest BCUT2D eigenvalue weighted by Crippen LogP contribution is -2.37. The molecular formula is C20H27N3O4S. The van der Waals surface area contributed by atoms with Gasteiger partial charge in [-0.1, -0.05) is 25.1 Å². The van der Waals surface area contributed by atoms with Crippen LogP contribution < -0.4 is 10.1 Å². The highest BCUT2D eigenvalue weighted by Crippen LogP contribution is 2.24. The number of piperidine rings is 1.